The first-order valence-corrected chi connectivity index (χ1v) is 5.34. The standard InChI is InChI=1S/2C5H11NO2.Pd/c2*6-4-2-1-3-5(7)8;/h2*1-4,6H2,(H,7,8);/q;;+2/p-2. The summed E-state index contributed by atoms with van der Waals surface area (Å²) in [7, 11) is 0. The molecule has 0 heterocycles. The van der Waals surface area contributed by atoms with E-state index in [1.165, 1.54) is 0 Å². The molecule has 6 nitrogen and oxygen atoms in total. The van der Waals surface area contributed by atoms with E-state index in [2.05, 4.69) is 0 Å². The largest absolute Gasteiger partial charge is 2.00 e. The Bertz CT molecular complexity index is 171. The maximum Gasteiger partial charge on any atom is 2.00 e. The number of unbranched alkanes of at least 4 members (excludes halogenated alkanes) is 2. The third-order valence-corrected chi connectivity index (χ3v) is 1.67. The molecule has 7 heteroatoms. The van der Waals surface area contributed by atoms with Crippen LogP contribution in [0.15, 0.2) is 0 Å². The summed E-state index contributed by atoms with van der Waals surface area (Å²) in [5.41, 5.74) is 10.2. The number of hydrogen-bond donors (Lipinski definition) is 2. The second kappa shape index (κ2) is 17.9. The number of rotatable bonds is 8. The molecule has 104 valence electrons. The van der Waals surface area contributed by atoms with Crippen molar-refractivity contribution in [3.63, 3.8) is 0 Å². The Morgan fingerprint density at radius 3 is 1.24 bits per heavy atom. The molecule has 0 aromatic heterocycles. The molecule has 0 fully saturated rings. The van der Waals surface area contributed by atoms with E-state index in [4.69, 9.17) is 11.5 Å². The van der Waals surface area contributed by atoms with E-state index in [-0.39, 0.29) is 33.3 Å². The maximum absolute atomic E-state index is 9.72. The second-order valence-corrected chi connectivity index (χ2v) is 3.24. The molecule has 0 unspecified atom stereocenters. The molecule has 0 rings (SSSR count). The third kappa shape index (κ3) is 31.3. The fraction of sp³-hybridized carbons (Fsp3) is 0.800. The van der Waals surface area contributed by atoms with Gasteiger partial charge in [0.1, 0.15) is 0 Å². The quantitative estimate of drug-likeness (QED) is 0.379. The summed E-state index contributed by atoms with van der Waals surface area (Å²) in [5, 5.41) is 19.4. The molecule has 0 amide bonds. The Morgan fingerprint density at radius 1 is 0.765 bits per heavy atom. The van der Waals surface area contributed by atoms with Crippen molar-refractivity contribution in [1.82, 2.24) is 0 Å². The monoisotopic (exact) mass is 338 g/mol. The molecule has 4 N–H and O–H groups in total. The Balaban J connectivity index is -0.000000218. The van der Waals surface area contributed by atoms with Crippen LogP contribution in [0, 0.1) is 0 Å². The summed E-state index contributed by atoms with van der Waals surface area (Å²) in [6.45, 7) is 1.13. The SMILES string of the molecule is NCCCCC(=O)[O-].NCCCCC(=O)[O-].[Pd+2]. The maximum atomic E-state index is 9.72. The Morgan fingerprint density at radius 2 is 1.06 bits per heavy atom. The summed E-state index contributed by atoms with van der Waals surface area (Å²) >= 11 is 0. The predicted octanol–water partition coefficient (Wildman–Crippen LogP) is -2.27. The van der Waals surface area contributed by atoms with Gasteiger partial charge in [0.05, 0.1) is 0 Å². The third-order valence-electron chi connectivity index (χ3n) is 1.67. The molecule has 0 spiro atoms. The zero-order chi connectivity index (χ0) is 12.8. The van der Waals surface area contributed by atoms with Gasteiger partial charge in [-0.2, -0.15) is 0 Å². The second-order valence-electron chi connectivity index (χ2n) is 3.24. The van der Waals surface area contributed by atoms with Crippen LogP contribution in [-0.2, 0) is 30.0 Å². The van der Waals surface area contributed by atoms with Crippen molar-refractivity contribution in [3.05, 3.63) is 0 Å². The fourth-order valence-corrected chi connectivity index (χ4v) is 0.827. The van der Waals surface area contributed by atoms with Crippen LogP contribution < -0.4 is 21.7 Å². The molecule has 17 heavy (non-hydrogen) atoms. The molecule has 0 aromatic carbocycles. The van der Waals surface area contributed by atoms with Crippen LogP contribution in [-0.4, -0.2) is 25.0 Å². The van der Waals surface area contributed by atoms with Crippen LogP contribution in [0.25, 0.3) is 0 Å². The minimum Gasteiger partial charge on any atom is -0.550 e. The Hall–Kier alpha value is -0.478. The van der Waals surface area contributed by atoms with Gasteiger partial charge in [-0.25, -0.2) is 0 Å². The summed E-state index contributed by atoms with van der Waals surface area (Å²) in [4.78, 5) is 19.4. The van der Waals surface area contributed by atoms with Gasteiger partial charge in [0.2, 0.25) is 0 Å². The van der Waals surface area contributed by atoms with E-state index in [1.54, 1.807) is 0 Å². The van der Waals surface area contributed by atoms with Gasteiger partial charge in [-0.3, -0.25) is 0 Å². The van der Waals surface area contributed by atoms with Crippen LogP contribution in [0.2, 0.25) is 0 Å². The van der Waals surface area contributed by atoms with E-state index in [9.17, 15) is 19.8 Å². The van der Waals surface area contributed by atoms with E-state index in [0.29, 0.717) is 25.9 Å². The molecule has 0 aliphatic carbocycles. The van der Waals surface area contributed by atoms with Crippen molar-refractivity contribution in [2.45, 2.75) is 38.5 Å². The van der Waals surface area contributed by atoms with E-state index < -0.39 is 11.9 Å². The van der Waals surface area contributed by atoms with Gasteiger partial charge in [0.25, 0.3) is 0 Å². The van der Waals surface area contributed by atoms with Crippen molar-refractivity contribution >= 4 is 11.9 Å². The minimum absolute atomic E-state index is 0. The molecule has 0 saturated heterocycles. The first-order valence-electron chi connectivity index (χ1n) is 5.34. The van der Waals surface area contributed by atoms with Crippen LogP contribution >= 0.6 is 0 Å². The van der Waals surface area contributed by atoms with Crippen molar-refractivity contribution in [2.24, 2.45) is 11.5 Å². The Labute approximate surface area is 115 Å². The number of carboxylic acid groups (broad SMARTS) is 2. The molecule has 0 atom stereocenters. The van der Waals surface area contributed by atoms with Crippen molar-refractivity contribution in [2.75, 3.05) is 13.1 Å². The predicted molar refractivity (Wildman–Crippen MR) is 55.8 cm³/mol. The zero-order valence-corrected chi connectivity index (χ0v) is 11.3. The summed E-state index contributed by atoms with van der Waals surface area (Å²) in [6.07, 6.45) is 3.09. The van der Waals surface area contributed by atoms with Gasteiger partial charge < -0.3 is 31.3 Å². The minimum atomic E-state index is -0.988. The average molecular weight is 339 g/mol. The zero-order valence-electron chi connectivity index (χ0n) is 9.76. The fourth-order valence-electron chi connectivity index (χ4n) is 0.827. The molecule has 0 aliphatic rings. The Kier molecular flexibility index (Phi) is 22.9. The van der Waals surface area contributed by atoms with Crippen molar-refractivity contribution in [3.8, 4) is 0 Å². The molecule has 0 radical (unpaired) electrons. The molecule has 0 bridgehead atoms. The number of nitrogens with two attached hydrogens (primary N) is 2. The average Bonchev–Trinajstić information content (AvgIpc) is 2.18. The van der Waals surface area contributed by atoms with Crippen molar-refractivity contribution in [1.29, 1.82) is 0 Å². The molecular weight excluding hydrogens is 319 g/mol. The first-order chi connectivity index (χ1) is 7.54. The molecular formula is C10H20N2O4Pd. The van der Waals surface area contributed by atoms with Gasteiger partial charge in [-0.15, -0.1) is 0 Å². The van der Waals surface area contributed by atoms with Gasteiger partial charge in [-0.05, 0) is 51.6 Å². The number of carbonyl (C=O) groups is 2. The van der Waals surface area contributed by atoms with E-state index >= 15 is 0 Å². The number of hydrogen-bond acceptors (Lipinski definition) is 6. The van der Waals surface area contributed by atoms with Gasteiger partial charge >= 0.3 is 20.4 Å². The smallest absolute Gasteiger partial charge is 0.550 e. The first kappa shape index (κ1) is 21.8. The number of carboxylic acids is 2. The topological polar surface area (TPSA) is 132 Å². The number of aliphatic carboxylic acids is 2. The normalized spacial score (nSPS) is 8.59. The van der Waals surface area contributed by atoms with Crippen LogP contribution in [0.4, 0.5) is 0 Å². The molecule has 0 aromatic rings. The van der Waals surface area contributed by atoms with E-state index in [0.717, 1.165) is 12.8 Å². The summed E-state index contributed by atoms with van der Waals surface area (Å²) in [5.74, 6) is -1.98. The van der Waals surface area contributed by atoms with Crippen LogP contribution in [0.5, 0.6) is 0 Å². The number of carbonyl (C=O) groups excluding carboxylic acids is 2. The van der Waals surface area contributed by atoms with Crippen LogP contribution in [0.1, 0.15) is 38.5 Å². The van der Waals surface area contributed by atoms with Gasteiger partial charge in [0, 0.05) is 11.9 Å². The van der Waals surface area contributed by atoms with Crippen LogP contribution in [0.3, 0.4) is 0 Å². The van der Waals surface area contributed by atoms with E-state index in [1.807, 2.05) is 0 Å². The summed E-state index contributed by atoms with van der Waals surface area (Å²) < 4.78 is 0. The van der Waals surface area contributed by atoms with Crippen molar-refractivity contribution < 1.29 is 40.2 Å². The molecule has 0 saturated carbocycles. The van der Waals surface area contributed by atoms with Gasteiger partial charge in [0.15, 0.2) is 0 Å². The van der Waals surface area contributed by atoms with Gasteiger partial charge in [-0.1, -0.05) is 0 Å². The molecule has 0 aliphatic heterocycles. The summed E-state index contributed by atoms with van der Waals surface area (Å²) in [6, 6.07) is 0.